The highest BCUT2D eigenvalue weighted by atomic mass is 16.6. The Morgan fingerprint density at radius 1 is 1.14 bits per heavy atom. The number of ether oxygens (including phenoxy) is 4. The van der Waals surface area contributed by atoms with Crippen LogP contribution in [0, 0.1) is 0 Å². The van der Waals surface area contributed by atoms with Gasteiger partial charge in [0, 0.05) is 24.9 Å². The molecule has 2 aliphatic heterocycles. The molecule has 1 amide bonds. The molecule has 35 heavy (non-hydrogen) atoms. The number of carbonyl (C=O) groups excluding carboxylic acids is 1. The van der Waals surface area contributed by atoms with Crippen molar-refractivity contribution in [1.82, 2.24) is 14.9 Å². The van der Waals surface area contributed by atoms with E-state index < -0.39 is 0 Å². The molecule has 2 aromatic heterocycles. The predicted molar refractivity (Wildman–Crippen MR) is 132 cm³/mol. The first-order valence-electron chi connectivity index (χ1n) is 12.0. The Balaban J connectivity index is 1.17. The van der Waals surface area contributed by atoms with Gasteiger partial charge >= 0.3 is 6.09 Å². The van der Waals surface area contributed by atoms with E-state index in [9.17, 15) is 4.79 Å². The Morgan fingerprint density at radius 2 is 2.00 bits per heavy atom. The molecule has 1 aromatic carbocycles. The summed E-state index contributed by atoms with van der Waals surface area (Å²) in [4.78, 5) is 25.6. The maximum Gasteiger partial charge on any atom is 0.414 e. The van der Waals surface area contributed by atoms with Crippen LogP contribution in [0.5, 0.6) is 17.4 Å². The minimum atomic E-state index is -0.328. The molecule has 4 heterocycles. The molecule has 0 radical (unpaired) electrons. The van der Waals surface area contributed by atoms with E-state index in [4.69, 9.17) is 18.9 Å². The van der Waals surface area contributed by atoms with Crippen molar-refractivity contribution in [2.75, 3.05) is 51.4 Å². The number of hydrogen-bond donors (Lipinski definition) is 0. The van der Waals surface area contributed by atoms with Crippen LogP contribution in [0.4, 0.5) is 10.5 Å². The Labute approximate surface area is 204 Å². The van der Waals surface area contributed by atoms with Crippen molar-refractivity contribution in [3.63, 3.8) is 0 Å². The summed E-state index contributed by atoms with van der Waals surface area (Å²) in [7, 11) is 1.62. The Kier molecular flexibility index (Phi) is 6.85. The van der Waals surface area contributed by atoms with Crippen molar-refractivity contribution < 1.29 is 23.7 Å². The average Bonchev–Trinajstić information content (AvgIpc) is 3.27. The van der Waals surface area contributed by atoms with Gasteiger partial charge in [0.05, 0.1) is 30.4 Å². The van der Waals surface area contributed by atoms with E-state index in [-0.39, 0.29) is 12.2 Å². The van der Waals surface area contributed by atoms with Gasteiger partial charge in [-0.25, -0.2) is 9.78 Å². The second-order valence-electron chi connectivity index (χ2n) is 8.63. The third-order valence-corrected chi connectivity index (χ3v) is 6.39. The molecule has 0 bridgehead atoms. The van der Waals surface area contributed by atoms with E-state index in [0.29, 0.717) is 43.7 Å². The maximum atomic E-state index is 12.6. The number of fused-ring (bicyclic) bond motifs is 2. The first-order chi connectivity index (χ1) is 17.1. The lowest BCUT2D eigenvalue weighted by Gasteiger charge is -2.23. The molecule has 0 aliphatic carbocycles. The third kappa shape index (κ3) is 5.09. The number of rotatable bonds is 9. The molecule has 0 N–H and O–H groups in total. The molecule has 9 heteroatoms. The van der Waals surface area contributed by atoms with Gasteiger partial charge in [-0.1, -0.05) is 6.92 Å². The number of pyridine rings is 2. The largest absolute Gasteiger partial charge is 0.486 e. The average molecular weight is 479 g/mol. The van der Waals surface area contributed by atoms with Gasteiger partial charge in [0.1, 0.15) is 19.3 Å². The number of hydrogen-bond acceptors (Lipinski definition) is 8. The van der Waals surface area contributed by atoms with Gasteiger partial charge in [0.25, 0.3) is 0 Å². The van der Waals surface area contributed by atoms with Crippen molar-refractivity contribution in [3.05, 3.63) is 48.2 Å². The van der Waals surface area contributed by atoms with Gasteiger partial charge in [-0.2, -0.15) is 0 Å². The summed E-state index contributed by atoms with van der Waals surface area (Å²) < 4.78 is 22.2. The number of aryl methyl sites for hydroxylation is 1. The van der Waals surface area contributed by atoms with E-state index in [1.807, 2.05) is 42.6 Å². The summed E-state index contributed by atoms with van der Waals surface area (Å²) in [6.07, 6.45) is 3.14. The van der Waals surface area contributed by atoms with Crippen molar-refractivity contribution in [1.29, 1.82) is 0 Å². The molecule has 0 saturated carbocycles. The Bertz CT molecular complexity index is 1200. The quantitative estimate of drug-likeness (QED) is 0.460. The number of anilines is 1. The normalized spacial score (nSPS) is 17.2. The number of benzene rings is 1. The molecule has 9 nitrogen and oxygen atoms in total. The number of nitrogens with zero attached hydrogens (tertiary/aromatic N) is 4. The first-order valence-corrected chi connectivity index (χ1v) is 12.0. The lowest BCUT2D eigenvalue weighted by molar-refractivity contribution is 0.110. The minimum absolute atomic E-state index is 0.191. The predicted octanol–water partition coefficient (Wildman–Crippen LogP) is 3.69. The van der Waals surface area contributed by atoms with Gasteiger partial charge in [-0.15, -0.1) is 0 Å². The molecular formula is C26H30N4O5. The van der Waals surface area contributed by atoms with Gasteiger partial charge in [0.15, 0.2) is 11.5 Å². The van der Waals surface area contributed by atoms with Crippen molar-refractivity contribution in [2.45, 2.75) is 25.9 Å². The molecule has 1 fully saturated rings. The van der Waals surface area contributed by atoms with Gasteiger partial charge in [-0.05, 0) is 55.8 Å². The number of methoxy groups -OCH3 is 1. The smallest absolute Gasteiger partial charge is 0.414 e. The fourth-order valence-corrected chi connectivity index (χ4v) is 4.56. The molecule has 1 saturated heterocycles. The van der Waals surface area contributed by atoms with Crippen LogP contribution in [0.25, 0.3) is 11.0 Å². The molecule has 1 atom stereocenters. The van der Waals surface area contributed by atoms with Crippen molar-refractivity contribution in [2.24, 2.45) is 0 Å². The fourth-order valence-electron chi connectivity index (χ4n) is 4.56. The first kappa shape index (κ1) is 23.2. The lowest BCUT2D eigenvalue weighted by Crippen LogP contribution is -2.35. The van der Waals surface area contributed by atoms with Crippen LogP contribution in [0.1, 0.15) is 18.9 Å². The minimum Gasteiger partial charge on any atom is -0.486 e. The number of carbonyl (C=O) groups is 1. The van der Waals surface area contributed by atoms with Crippen LogP contribution in [-0.2, 0) is 11.2 Å². The summed E-state index contributed by atoms with van der Waals surface area (Å²) in [6, 6.07) is 11.3. The van der Waals surface area contributed by atoms with Gasteiger partial charge < -0.3 is 18.9 Å². The highest BCUT2D eigenvalue weighted by Gasteiger charge is 2.34. The molecule has 2 aliphatic rings. The van der Waals surface area contributed by atoms with E-state index in [1.165, 1.54) is 0 Å². The highest BCUT2D eigenvalue weighted by molar-refractivity contribution is 5.90. The number of cyclic esters (lactones) is 1. The van der Waals surface area contributed by atoms with Gasteiger partial charge in [-0.3, -0.25) is 14.8 Å². The second kappa shape index (κ2) is 10.4. The van der Waals surface area contributed by atoms with E-state index in [0.717, 1.165) is 48.2 Å². The number of likely N-dealkylation sites (N-methyl/N-ethyl adjacent to an activating group) is 1. The monoisotopic (exact) mass is 478 g/mol. The molecule has 1 unspecified atom stereocenters. The number of amides is 1. The SMILES string of the molecule is CCN(CCCc1ccnc2ccc(OC)nc12)CC1CN(c2ccc3c(c2)OCCO3)C(=O)O1. The van der Waals surface area contributed by atoms with Gasteiger partial charge in [0.2, 0.25) is 5.88 Å². The summed E-state index contributed by atoms with van der Waals surface area (Å²) in [5, 5.41) is 0. The Hall–Kier alpha value is -3.59. The van der Waals surface area contributed by atoms with Crippen LogP contribution in [0.2, 0.25) is 0 Å². The van der Waals surface area contributed by atoms with Crippen LogP contribution in [0.3, 0.4) is 0 Å². The lowest BCUT2D eigenvalue weighted by atomic mass is 10.1. The van der Waals surface area contributed by atoms with Crippen LogP contribution in [-0.4, -0.2) is 73.6 Å². The zero-order chi connectivity index (χ0) is 24.2. The highest BCUT2D eigenvalue weighted by Crippen LogP contribution is 2.35. The molecule has 3 aromatic rings. The van der Waals surface area contributed by atoms with Crippen molar-refractivity contribution >= 4 is 22.8 Å². The summed E-state index contributed by atoms with van der Waals surface area (Å²) in [5.41, 5.74) is 3.67. The summed E-state index contributed by atoms with van der Waals surface area (Å²) in [5.74, 6) is 1.96. The van der Waals surface area contributed by atoms with Crippen molar-refractivity contribution in [3.8, 4) is 17.4 Å². The van der Waals surface area contributed by atoms with E-state index >= 15 is 0 Å². The summed E-state index contributed by atoms with van der Waals surface area (Å²) >= 11 is 0. The van der Waals surface area contributed by atoms with E-state index in [2.05, 4.69) is 21.8 Å². The fraction of sp³-hybridized carbons (Fsp3) is 0.423. The topological polar surface area (TPSA) is 86.3 Å². The number of aromatic nitrogens is 2. The van der Waals surface area contributed by atoms with Crippen LogP contribution in [0.15, 0.2) is 42.6 Å². The molecule has 5 rings (SSSR count). The molecular weight excluding hydrogens is 448 g/mol. The zero-order valence-electron chi connectivity index (χ0n) is 20.1. The summed E-state index contributed by atoms with van der Waals surface area (Å²) in [6.45, 7) is 6.14. The zero-order valence-corrected chi connectivity index (χ0v) is 20.1. The second-order valence-corrected chi connectivity index (χ2v) is 8.63. The molecule has 184 valence electrons. The standard InChI is InChI=1S/C26H30N4O5/c1-3-29(12-4-5-18-10-11-27-21-7-9-24(32-2)28-25(18)21)16-20-17-30(26(31)35-20)19-6-8-22-23(15-19)34-14-13-33-22/h6-11,15,20H,3-5,12-14,16-17H2,1-2H3. The third-order valence-electron chi connectivity index (χ3n) is 6.39. The van der Waals surface area contributed by atoms with Crippen LogP contribution < -0.4 is 19.1 Å². The maximum absolute atomic E-state index is 12.6. The molecule has 0 spiro atoms. The Morgan fingerprint density at radius 3 is 2.83 bits per heavy atom. The van der Waals surface area contributed by atoms with E-state index in [1.54, 1.807) is 12.0 Å². The van der Waals surface area contributed by atoms with Crippen LogP contribution >= 0.6 is 0 Å².